The Kier molecular flexibility index (Phi) is 3.01. The maximum Gasteiger partial charge on any atom is 0.328 e. The van der Waals surface area contributed by atoms with E-state index in [0.29, 0.717) is 6.04 Å². The lowest BCUT2D eigenvalue weighted by Crippen LogP contribution is -2.51. The molecule has 2 heterocycles. The zero-order chi connectivity index (χ0) is 13.3. The number of rotatable bonds is 2. The van der Waals surface area contributed by atoms with Gasteiger partial charge in [0.05, 0.1) is 0 Å². The molecule has 6 nitrogen and oxygen atoms in total. The Morgan fingerprint density at radius 3 is 2.28 bits per heavy atom. The van der Waals surface area contributed by atoms with Crippen molar-refractivity contribution in [1.82, 2.24) is 15.2 Å². The van der Waals surface area contributed by atoms with Crippen molar-refractivity contribution in [3.05, 3.63) is 29.6 Å². The molecule has 1 aliphatic heterocycles. The van der Waals surface area contributed by atoms with Crippen molar-refractivity contribution < 1.29 is 14.4 Å². The Labute approximate surface area is 104 Å². The van der Waals surface area contributed by atoms with E-state index in [1.807, 2.05) is 41.4 Å². The quantitative estimate of drug-likeness (QED) is 0.599. The molecular formula is C12H13N3O3. The molecule has 1 saturated heterocycles. The van der Waals surface area contributed by atoms with Gasteiger partial charge < -0.3 is 4.57 Å². The molecule has 0 bridgehead atoms. The predicted molar refractivity (Wildman–Crippen MR) is 64.5 cm³/mol. The third-order valence-corrected chi connectivity index (χ3v) is 2.59. The summed E-state index contributed by atoms with van der Waals surface area (Å²) in [5.74, 6) is -1.36. The van der Waals surface area contributed by atoms with Crippen molar-refractivity contribution in [3.63, 3.8) is 0 Å². The molecule has 1 fully saturated rings. The van der Waals surface area contributed by atoms with Gasteiger partial charge in [0.15, 0.2) is 0 Å². The lowest BCUT2D eigenvalue weighted by Gasteiger charge is -2.13. The highest BCUT2D eigenvalue weighted by atomic mass is 16.2. The van der Waals surface area contributed by atoms with Crippen LogP contribution in [0.25, 0.3) is 6.08 Å². The molecule has 0 unspecified atom stereocenters. The first-order valence-corrected chi connectivity index (χ1v) is 5.53. The molecule has 0 aliphatic carbocycles. The van der Waals surface area contributed by atoms with Crippen LogP contribution in [0.2, 0.25) is 0 Å². The van der Waals surface area contributed by atoms with Crippen LogP contribution < -0.4 is 10.6 Å². The van der Waals surface area contributed by atoms with E-state index in [1.165, 1.54) is 6.08 Å². The summed E-state index contributed by atoms with van der Waals surface area (Å²) < 4.78 is 1.95. The van der Waals surface area contributed by atoms with E-state index in [4.69, 9.17) is 0 Å². The maximum atomic E-state index is 11.5. The van der Waals surface area contributed by atoms with E-state index >= 15 is 0 Å². The number of imide groups is 2. The van der Waals surface area contributed by atoms with Gasteiger partial charge in [-0.25, -0.2) is 4.79 Å². The Bertz CT molecular complexity index is 533. The molecule has 0 spiro atoms. The van der Waals surface area contributed by atoms with Gasteiger partial charge in [-0.1, -0.05) is 0 Å². The smallest absolute Gasteiger partial charge is 0.328 e. The van der Waals surface area contributed by atoms with E-state index < -0.39 is 17.8 Å². The number of nitrogens with one attached hydrogen (secondary N) is 2. The molecule has 4 amide bonds. The average molecular weight is 247 g/mol. The van der Waals surface area contributed by atoms with Crippen LogP contribution in [0.15, 0.2) is 24.0 Å². The molecule has 0 aromatic carbocycles. The molecule has 6 heteroatoms. The first-order valence-electron chi connectivity index (χ1n) is 5.53. The van der Waals surface area contributed by atoms with Crippen molar-refractivity contribution >= 4 is 23.9 Å². The zero-order valence-electron chi connectivity index (χ0n) is 10.1. The highest BCUT2D eigenvalue weighted by Crippen LogP contribution is 2.13. The monoisotopic (exact) mass is 247 g/mol. The topological polar surface area (TPSA) is 80.2 Å². The van der Waals surface area contributed by atoms with Gasteiger partial charge in [0.1, 0.15) is 5.57 Å². The van der Waals surface area contributed by atoms with Crippen molar-refractivity contribution in [2.45, 2.75) is 19.9 Å². The number of carbonyl (C=O) groups is 3. The largest absolute Gasteiger partial charge is 0.351 e. The molecule has 94 valence electrons. The van der Waals surface area contributed by atoms with E-state index in [-0.39, 0.29) is 5.57 Å². The highest BCUT2D eigenvalue weighted by molar-refractivity contribution is 6.31. The SMILES string of the molecule is CC(C)n1ccc(C=C2C(=O)NC(=O)NC2=O)c1. The van der Waals surface area contributed by atoms with E-state index in [0.717, 1.165) is 5.56 Å². The molecule has 0 radical (unpaired) electrons. The standard InChI is InChI=1S/C12H13N3O3/c1-7(2)15-4-3-8(6-15)5-9-10(16)13-12(18)14-11(9)17/h3-7H,1-2H3,(H2,13,14,16,17,18). The fraction of sp³-hybridized carbons (Fsp3) is 0.250. The van der Waals surface area contributed by atoms with Crippen molar-refractivity contribution in [2.75, 3.05) is 0 Å². The normalized spacial score (nSPS) is 15.7. The first-order chi connectivity index (χ1) is 8.47. The van der Waals surface area contributed by atoms with Gasteiger partial charge in [0.25, 0.3) is 11.8 Å². The minimum Gasteiger partial charge on any atom is -0.351 e. The van der Waals surface area contributed by atoms with Crippen LogP contribution in [0.4, 0.5) is 4.79 Å². The lowest BCUT2D eigenvalue weighted by molar-refractivity contribution is -0.123. The van der Waals surface area contributed by atoms with Crippen LogP contribution in [0.5, 0.6) is 0 Å². The molecule has 0 saturated carbocycles. The number of barbiturate groups is 1. The number of amides is 4. The molecule has 2 rings (SSSR count). The summed E-state index contributed by atoms with van der Waals surface area (Å²) in [5.41, 5.74) is 0.662. The molecule has 1 aromatic heterocycles. The van der Waals surface area contributed by atoms with E-state index in [1.54, 1.807) is 6.07 Å². The molecule has 2 N–H and O–H groups in total. The van der Waals surface area contributed by atoms with Crippen molar-refractivity contribution in [1.29, 1.82) is 0 Å². The molecule has 1 aliphatic rings. The van der Waals surface area contributed by atoms with Gasteiger partial charge in [-0.2, -0.15) is 0 Å². The number of carbonyl (C=O) groups excluding carboxylic acids is 3. The summed E-state index contributed by atoms with van der Waals surface area (Å²) >= 11 is 0. The van der Waals surface area contributed by atoms with Gasteiger partial charge in [0, 0.05) is 18.4 Å². The fourth-order valence-corrected chi connectivity index (χ4v) is 1.61. The number of hydrogen-bond donors (Lipinski definition) is 2. The molecule has 0 atom stereocenters. The Balaban J connectivity index is 2.28. The Morgan fingerprint density at radius 1 is 1.17 bits per heavy atom. The number of urea groups is 1. The summed E-state index contributed by atoms with van der Waals surface area (Å²) in [5, 5.41) is 4.05. The summed E-state index contributed by atoms with van der Waals surface area (Å²) in [7, 11) is 0. The Hall–Kier alpha value is -2.37. The van der Waals surface area contributed by atoms with Crippen LogP contribution in [0.3, 0.4) is 0 Å². The maximum absolute atomic E-state index is 11.5. The van der Waals surface area contributed by atoms with Gasteiger partial charge in [0.2, 0.25) is 0 Å². The molecule has 18 heavy (non-hydrogen) atoms. The van der Waals surface area contributed by atoms with Crippen molar-refractivity contribution in [2.24, 2.45) is 0 Å². The summed E-state index contributed by atoms with van der Waals surface area (Å²) in [4.78, 5) is 33.9. The first kappa shape index (κ1) is 12.1. The van der Waals surface area contributed by atoms with Crippen LogP contribution in [-0.2, 0) is 9.59 Å². The van der Waals surface area contributed by atoms with Crippen LogP contribution >= 0.6 is 0 Å². The summed E-state index contributed by atoms with van der Waals surface area (Å²) in [6.45, 7) is 4.05. The zero-order valence-corrected chi connectivity index (χ0v) is 10.1. The van der Waals surface area contributed by atoms with E-state index in [9.17, 15) is 14.4 Å². The van der Waals surface area contributed by atoms with Crippen LogP contribution in [0.1, 0.15) is 25.5 Å². The highest BCUT2D eigenvalue weighted by Gasteiger charge is 2.27. The van der Waals surface area contributed by atoms with Crippen LogP contribution in [0, 0.1) is 0 Å². The number of aromatic nitrogens is 1. The third-order valence-electron chi connectivity index (χ3n) is 2.59. The summed E-state index contributed by atoms with van der Waals surface area (Å²) in [6, 6.07) is 1.30. The van der Waals surface area contributed by atoms with E-state index in [2.05, 4.69) is 0 Å². The number of hydrogen-bond acceptors (Lipinski definition) is 3. The fourth-order valence-electron chi connectivity index (χ4n) is 1.61. The molecular weight excluding hydrogens is 234 g/mol. The van der Waals surface area contributed by atoms with Gasteiger partial charge in [-0.15, -0.1) is 0 Å². The molecule has 1 aromatic rings. The Morgan fingerprint density at radius 2 is 1.78 bits per heavy atom. The van der Waals surface area contributed by atoms with Gasteiger partial charge >= 0.3 is 6.03 Å². The number of nitrogens with zero attached hydrogens (tertiary/aromatic N) is 1. The third kappa shape index (κ3) is 2.32. The van der Waals surface area contributed by atoms with Crippen LogP contribution in [-0.4, -0.2) is 22.4 Å². The minimum atomic E-state index is -0.790. The average Bonchev–Trinajstić information content (AvgIpc) is 2.71. The predicted octanol–water partition coefficient (Wildman–Crippen LogP) is 0.818. The van der Waals surface area contributed by atoms with Gasteiger partial charge in [-0.3, -0.25) is 20.2 Å². The summed E-state index contributed by atoms with van der Waals surface area (Å²) in [6.07, 6.45) is 5.14. The van der Waals surface area contributed by atoms with Gasteiger partial charge in [-0.05, 0) is 31.6 Å². The second-order valence-corrected chi connectivity index (χ2v) is 4.28. The second kappa shape index (κ2) is 4.48. The second-order valence-electron chi connectivity index (χ2n) is 4.28. The van der Waals surface area contributed by atoms with Crippen molar-refractivity contribution in [3.8, 4) is 0 Å². The minimum absolute atomic E-state index is 0.0730. The lowest BCUT2D eigenvalue weighted by atomic mass is 10.1.